The highest BCUT2D eigenvalue weighted by atomic mass is 16.5. The second-order valence-electron chi connectivity index (χ2n) is 5.09. The molecule has 0 aliphatic carbocycles. The quantitative estimate of drug-likeness (QED) is 0.899. The lowest BCUT2D eigenvalue weighted by Crippen LogP contribution is -2.24. The number of aliphatic hydroxyl groups excluding tert-OH is 2. The van der Waals surface area contributed by atoms with Gasteiger partial charge in [-0.05, 0) is 22.9 Å². The number of rotatable bonds is 3. The molecule has 3 rings (SSSR count). The molecule has 2 N–H and O–H groups in total. The Bertz CT molecular complexity index is 610. The standard InChI is InChI=1S/C16H18O4/c1-19-14-7-11-5-3-2-4-10(11)6-12(14)15-8-13(18)16(9-17)20-15/h2-7,13,15-18H,8-9H2,1H3/t13-,15+,16+/m0/s1. The van der Waals surface area contributed by atoms with Crippen molar-refractivity contribution in [2.75, 3.05) is 13.7 Å². The molecule has 4 nitrogen and oxygen atoms in total. The molecule has 0 amide bonds. The van der Waals surface area contributed by atoms with Crippen LogP contribution in [-0.2, 0) is 4.74 Å². The summed E-state index contributed by atoms with van der Waals surface area (Å²) in [6.45, 7) is -0.173. The molecule has 0 bridgehead atoms. The van der Waals surface area contributed by atoms with E-state index < -0.39 is 12.2 Å². The molecule has 1 aliphatic rings. The summed E-state index contributed by atoms with van der Waals surface area (Å²) in [7, 11) is 1.63. The summed E-state index contributed by atoms with van der Waals surface area (Å²) in [6.07, 6.45) is -0.931. The van der Waals surface area contributed by atoms with Gasteiger partial charge in [0.2, 0.25) is 0 Å². The molecule has 0 aromatic heterocycles. The van der Waals surface area contributed by atoms with Crippen LogP contribution in [0, 0.1) is 0 Å². The summed E-state index contributed by atoms with van der Waals surface area (Å²) in [6, 6.07) is 12.0. The lowest BCUT2D eigenvalue weighted by Gasteiger charge is -2.16. The minimum absolute atomic E-state index is 0.173. The minimum atomic E-state index is -0.638. The van der Waals surface area contributed by atoms with Gasteiger partial charge in [-0.1, -0.05) is 24.3 Å². The van der Waals surface area contributed by atoms with E-state index in [1.54, 1.807) is 7.11 Å². The molecule has 1 fully saturated rings. The van der Waals surface area contributed by atoms with Crippen molar-refractivity contribution < 1.29 is 19.7 Å². The fraction of sp³-hybridized carbons (Fsp3) is 0.375. The van der Waals surface area contributed by atoms with Gasteiger partial charge < -0.3 is 19.7 Å². The first-order valence-corrected chi connectivity index (χ1v) is 6.74. The number of benzene rings is 2. The molecule has 0 saturated carbocycles. The first kappa shape index (κ1) is 13.4. The molecule has 0 spiro atoms. The molecule has 4 heteroatoms. The molecule has 1 heterocycles. The topological polar surface area (TPSA) is 58.9 Å². The molecule has 106 valence electrons. The predicted octanol–water partition coefficient (Wildman–Crippen LogP) is 2.03. The lowest BCUT2D eigenvalue weighted by molar-refractivity contribution is -0.0230. The van der Waals surface area contributed by atoms with E-state index in [1.165, 1.54) is 0 Å². The van der Waals surface area contributed by atoms with E-state index in [9.17, 15) is 10.2 Å². The van der Waals surface area contributed by atoms with E-state index in [0.29, 0.717) is 6.42 Å². The third-order valence-corrected chi connectivity index (χ3v) is 3.85. The van der Waals surface area contributed by atoms with Crippen LogP contribution >= 0.6 is 0 Å². The van der Waals surface area contributed by atoms with Crippen molar-refractivity contribution in [3.63, 3.8) is 0 Å². The second-order valence-corrected chi connectivity index (χ2v) is 5.09. The van der Waals surface area contributed by atoms with Gasteiger partial charge in [0.25, 0.3) is 0 Å². The third kappa shape index (κ3) is 2.26. The van der Waals surface area contributed by atoms with Crippen molar-refractivity contribution in [2.45, 2.75) is 24.7 Å². The predicted molar refractivity (Wildman–Crippen MR) is 75.8 cm³/mol. The van der Waals surface area contributed by atoms with Gasteiger partial charge in [0.15, 0.2) is 0 Å². The second kappa shape index (κ2) is 5.40. The van der Waals surface area contributed by atoms with Crippen molar-refractivity contribution in [3.05, 3.63) is 42.0 Å². The van der Waals surface area contributed by atoms with Gasteiger partial charge in [-0.25, -0.2) is 0 Å². The number of hydrogen-bond donors (Lipinski definition) is 2. The number of methoxy groups -OCH3 is 1. The summed E-state index contributed by atoms with van der Waals surface area (Å²) in [4.78, 5) is 0. The fourth-order valence-electron chi connectivity index (χ4n) is 2.76. The summed E-state index contributed by atoms with van der Waals surface area (Å²) in [5.74, 6) is 0.750. The van der Waals surface area contributed by atoms with E-state index in [0.717, 1.165) is 22.1 Å². The van der Waals surface area contributed by atoms with Gasteiger partial charge in [0.05, 0.1) is 25.9 Å². The van der Waals surface area contributed by atoms with Crippen LogP contribution in [0.1, 0.15) is 18.1 Å². The fourth-order valence-corrected chi connectivity index (χ4v) is 2.76. The number of hydrogen-bond acceptors (Lipinski definition) is 4. The minimum Gasteiger partial charge on any atom is -0.496 e. The number of ether oxygens (including phenoxy) is 2. The maximum atomic E-state index is 9.87. The molecule has 2 aromatic carbocycles. The zero-order valence-corrected chi connectivity index (χ0v) is 11.3. The number of aliphatic hydroxyl groups is 2. The van der Waals surface area contributed by atoms with E-state index in [2.05, 4.69) is 0 Å². The van der Waals surface area contributed by atoms with Crippen molar-refractivity contribution in [3.8, 4) is 5.75 Å². The maximum absolute atomic E-state index is 9.87. The monoisotopic (exact) mass is 274 g/mol. The van der Waals surface area contributed by atoms with Crippen LogP contribution in [0.15, 0.2) is 36.4 Å². The molecule has 20 heavy (non-hydrogen) atoms. The third-order valence-electron chi connectivity index (χ3n) is 3.85. The molecule has 1 saturated heterocycles. The zero-order chi connectivity index (χ0) is 14.1. The van der Waals surface area contributed by atoms with Crippen LogP contribution < -0.4 is 4.74 Å². The van der Waals surface area contributed by atoms with E-state index in [1.807, 2.05) is 36.4 Å². The molecule has 0 radical (unpaired) electrons. The molecular weight excluding hydrogens is 256 g/mol. The molecule has 3 atom stereocenters. The largest absolute Gasteiger partial charge is 0.496 e. The van der Waals surface area contributed by atoms with Crippen molar-refractivity contribution in [1.82, 2.24) is 0 Å². The highest BCUT2D eigenvalue weighted by Crippen LogP contribution is 2.39. The average Bonchev–Trinajstić information content (AvgIpc) is 2.86. The van der Waals surface area contributed by atoms with Crippen molar-refractivity contribution >= 4 is 10.8 Å². The van der Waals surface area contributed by atoms with Gasteiger partial charge in [-0.15, -0.1) is 0 Å². The van der Waals surface area contributed by atoms with Gasteiger partial charge in [0.1, 0.15) is 11.9 Å². The van der Waals surface area contributed by atoms with E-state index >= 15 is 0 Å². The van der Waals surface area contributed by atoms with Crippen LogP contribution in [0.4, 0.5) is 0 Å². The summed E-state index contributed by atoms with van der Waals surface area (Å²) in [5, 5.41) is 21.3. The SMILES string of the molecule is COc1cc2ccccc2cc1[C@H]1C[C@H](O)[C@@H](CO)O1. The normalized spacial score (nSPS) is 26.1. The Kier molecular flexibility index (Phi) is 3.61. The van der Waals surface area contributed by atoms with Crippen LogP contribution in [0.2, 0.25) is 0 Å². The van der Waals surface area contributed by atoms with E-state index in [-0.39, 0.29) is 12.7 Å². The van der Waals surface area contributed by atoms with Crippen LogP contribution in [0.3, 0.4) is 0 Å². The molecule has 2 aromatic rings. The summed E-state index contributed by atoms with van der Waals surface area (Å²) in [5.41, 5.74) is 0.918. The Morgan fingerprint density at radius 2 is 1.95 bits per heavy atom. The van der Waals surface area contributed by atoms with Crippen LogP contribution in [0.5, 0.6) is 5.75 Å². The molecule has 1 aliphatic heterocycles. The average molecular weight is 274 g/mol. The Labute approximate surface area is 117 Å². The Morgan fingerprint density at radius 1 is 1.25 bits per heavy atom. The van der Waals surface area contributed by atoms with Gasteiger partial charge in [-0.2, -0.15) is 0 Å². The first-order chi connectivity index (χ1) is 9.72. The molecular formula is C16H18O4. The Hall–Kier alpha value is -1.62. The smallest absolute Gasteiger partial charge is 0.125 e. The van der Waals surface area contributed by atoms with E-state index in [4.69, 9.17) is 9.47 Å². The Balaban J connectivity index is 2.02. The molecule has 0 unspecified atom stereocenters. The van der Waals surface area contributed by atoms with Gasteiger partial charge >= 0.3 is 0 Å². The highest BCUT2D eigenvalue weighted by Gasteiger charge is 2.35. The maximum Gasteiger partial charge on any atom is 0.125 e. The van der Waals surface area contributed by atoms with Crippen LogP contribution in [-0.4, -0.2) is 36.1 Å². The van der Waals surface area contributed by atoms with Gasteiger partial charge in [0, 0.05) is 12.0 Å². The Morgan fingerprint density at radius 3 is 2.55 bits per heavy atom. The summed E-state index contributed by atoms with van der Waals surface area (Å²) < 4.78 is 11.2. The number of fused-ring (bicyclic) bond motifs is 1. The van der Waals surface area contributed by atoms with Crippen molar-refractivity contribution in [2.24, 2.45) is 0 Å². The highest BCUT2D eigenvalue weighted by molar-refractivity contribution is 5.85. The van der Waals surface area contributed by atoms with Crippen LogP contribution in [0.25, 0.3) is 10.8 Å². The zero-order valence-electron chi connectivity index (χ0n) is 11.3. The van der Waals surface area contributed by atoms with Gasteiger partial charge in [-0.3, -0.25) is 0 Å². The lowest BCUT2D eigenvalue weighted by atomic mass is 9.99. The summed E-state index contributed by atoms with van der Waals surface area (Å²) >= 11 is 0. The first-order valence-electron chi connectivity index (χ1n) is 6.74. The van der Waals surface area contributed by atoms with Crippen molar-refractivity contribution in [1.29, 1.82) is 0 Å².